The molecule has 8 nitrogen and oxygen atoms in total. The van der Waals surface area contributed by atoms with Crippen LogP contribution >= 0.6 is 0 Å². The van der Waals surface area contributed by atoms with Gasteiger partial charge in [-0.25, -0.2) is 5.21 Å². The molecule has 0 radical (unpaired) electrons. The molecule has 0 fully saturated rings. The second kappa shape index (κ2) is 2.59. The van der Waals surface area contributed by atoms with Crippen LogP contribution in [-0.2, 0) is 4.79 Å². The van der Waals surface area contributed by atoms with Crippen molar-refractivity contribution >= 4 is 11.7 Å². The average Bonchev–Trinajstić information content (AvgIpc) is 2.08. The number of hydrazine groups is 1. The number of hydroxylamine groups is 1. The van der Waals surface area contributed by atoms with E-state index in [0.717, 1.165) is 0 Å². The van der Waals surface area contributed by atoms with Crippen molar-refractivity contribution in [3.05, 3.63) is 5.21 Å². The Kier molecular flexibility index (Phi) is 1.88. The molecule has 1 rings (SSSR count). The number of hydrogen-bond donors (Lipinski definition) is 4. The van der Waals surface area contributed by atoms with E-state index in [1.807, 2.05) is 0 Å². The Morgan fingerprint density at radius 1 is 1.50 bits per heavy atom. The fraction of sp³-hybridized carbons (Fsp3) is 0.500. The third-order valence-electron chi connectivity index (χ3n) is 1.45. The van der Waals surface area contributed by atoms with Crippen molar-refractivity contribution in [1.29, 1.82) is 0 Å². The lowest BCUT2D eigenvalue weighted by Crippen LogP contribution is -2.60. The van der Waals surface area contributed by atoms with E-state index in [0.29, 0.717) is 0 Å². The zero-order valence-corrected chi connectivity index (χ0v) is 5.78. The van der Waals surface area contributed by atoms with E-state index in [1.165, 1.54) is 0 Å². The van der Waals surface area contributed by atoms with Gasteiger partial charge >= 0.3 is 11.7 Å². The molecule has 1 heterocycles. The summed E-state index contributed by atoms with van der Waals surface area (Å²) in [6.45, 7) is 0. The van der Waals surface area contributed by atoms with E-state index >= 15 is 0 Å². The Morgan fingerprint density at radius 3 is 2.50 bits per heavy atom. The third-order valence-corrected chi connectivity index (χ3v) is 1.45. The summed E-state index contributed by atoms with van der Waals surface area (Å²) >= 11 is 0. The molecule has 5 N–H and O–H groups in total. The summed E-state index contributed by atoms with van der Waals surface area (Å²) in [6, 6.07) is 0. The van der Waals surface area contributed by atoms with Crippen molar-refractivity contribution in [2.24, 2.45) is 5.73 Å². The van der Waals surface area contributed by atoms with Crippen molar-refractivity contribution in [2.45, 2.75) is 12.2 Å². The molecule has 2 unspecified atom stereocenters. The summed E-state index contributed by atoms with van der Waals surface area (Å²) in [6.07, 6.45) is -3.68. The number of nitrogens with two attached hydrogens (primary N) is 1. The first-order chi connectivity index (χ1) is 5.46. The Balaban J connectivity index is 3.08. The van der Waals surface area contributed by atoms with E-state index in [4.69, 9.17) is 21.2 Å². The van der Waals surface area contributed by atoms with Crippen LogP contribution in [0.4, 0.5) is 0 Å². The van der Waals surface area contributed by atoms with Gasteiger partial charge in [0, 0.05) is 0 Å². The number of aliphatic hydroxyl groups excluding tert-OH is 2. The number of nitrogens with zero attached hydrogens (tertiary/aromatic N) is 2. The molecular formula is C4H7N3O5. The molecule has 0 aromatic rings. The molecule has 1 amide bonds. The van der Waals surface area contributed by atoms with Crippen molar-refractivity contribution in [2.75, 3.05) is 0 Å². The minimum absolute atomic E-state index is 0.403. The minimum Gasteiger partial charge on any atom is -0.690 e. The van der Waals surface area contributed by atoms with Crippen LogP contribution in [0.3, 0.4) is 0 Å². The second-order valence-corrected chi connectivity index (χ2v) is 2.22. The molecule has 0 bridgehead atoms. The molecule has 0 saturated heterocycles. The number of hydrogen-bond acceptors (Lipinski definition) is 6. The minimum atomic E-state index is -1.90. The number of aliphatic hydroxyl groups is 2. The third kappa shape index (κ3) is 0.978. The lowest BCUT2D eigenvalue weighted by atomic mass is 10.1. The molecule has 0 saturated carbocycles. The van der Waals surface area contributed by atoms with Crippen LogP contribution in [0.1, 0.15) is 0 Å². The topological polar surface area (TPSA) is 133 Å². The first-order valence-corrected chi connectivity index (χ1v) is 2.95. The molecule has 12 heavy (non-hydrogen) atoms. The second-order valence-electron chi connectivity index (χ2n) is 2.22. The quantitative estimate of drug-likeness (QED) is 0.174. The molecule has 0 aromatic heterocycles. The highest BCUT2D eigenvalue weighted by molar-refractivity contribution is 5.92. The standard InChI is InChI=1S/C4H7N3O5/c5-3-1(8)2(9)4(10)7(12)6(3)11/h1-2,8-9,12H,5H2. The molecule has 0 spiro atoms. The summed E-state index contributed by atoms with van der Waals surface area (Å²) in [5.41, 5.74) is 4.93. The van der Waals surface area contributed by atoms with Gasteiger partial charge in [-0.05, 0) is 5.17 Å². The molecule has 2 atom stereocenters. The molecular weight excluding hydrogens is 170 g/mol. The maximum absolute atomic E-state index is 10.6. The van der Waals surface area contributed by atoms with Gasteiger partial charge in [0.2, 0.25) is 0 Å². The van der Waals surface area contributed by atoms with Gasteiger partial charge in [0.25, 0.3) is 0 Å². The van der Waals surface area contributed by atoms with Crippen LogP contribution in [-0.4, -0.2) is 49.4 Å². The highest BCUT2D eigenvalue weighted by Crippen LogP contribution is 2.05. The van der Waals surface area contributed by atoms with Crippen molar-refractivity contribution in [3.8, 4) is 0 Å². The molecule has 0 aromatic carbocycles. The molecule has 0 aliphatic carbocycles. The van der Waals surface area contributed by atoms with E-state index in [-0.39, 0.29) is 0 Å². The van der Waals surface area contributed by atoms with Gasteiger partial charge in [0.1, 0.15) is 0 Å². The maximum atomic E-state index is 10.6. The van der Waals surface area contributed by atoms with Gasteiger partial charge in [0.15, 0.2) is 12.2 Å². The fourth-order valence-corrected chi connectivity index (χ4v) is 0.727. The highest BCUT2D eigenvalue weighted by Gasteiger charge is 2.41. The summed E-state index contributed by atoms with van der Waals surface area (Å²) in [5.74, 6) is -2.07. The summed E-state index contributed by atoms with van der Waals surface area (Å²) < 4.78 is 0. The number of amidine groups is 1. The summed E-state index contributed by atoms with van der Waals surface area (Å²) in [7, 11) is 0. The van der Waals surface area contributed by atoms with Gasteiger partial charge in [-0.1, -0.05) is 0 Å². The van der Waals surface area contributed by atoms with Gasteiger partial charge in [-0.3, -0.25) is 10.5 Å². The lowest BCUT2D eigenvalue weighted by molar-refractivity contribution is -0.695. The van der Waals surface area contributed by atoms with E-state index in [2.05, 4.69) is 0 Å². The van der Waals surface area contributed by atoms with Crippen molar-refractivity contribution < 1.29 is 25.1 Å². The Morgan fingerprint density at radius 2 is 2.00 bits per heavy atom. The number of carbonyl (C=O) groups excluding carboxylic acids is 1. The largest absolute Gasteiger partial charge is 0.690 e. The number of amides is 1. The highest BCUT2D eigenvalue weighted by atomic mass is 16.7. The van der Waals surface area contributed by atoms with Crippen LogP contribution in [0.2, 0.25) is 0 Å². The van der Waals surface area contributed by atoms with Crippen LogP contribution in [0.25, 0.3) is 0 Å². The van der Waals surface area contributed by atoms with Gasteiger partial charge < -0.3 is 15.4 Å². The summed E-state index contributed by atoms with van der Waals surface area (Å²) in [5, 5.41) is 36.6. The van der Waals surface area contributed by atoms with E-state index in [1.54, 1.807) is 0 Å². The monoisotopic (exact) mass is 177 g/mol. The predicted molar refractivity (Wildman–Crippen MR) is 33.5 cm³/mol. The average molecular weight is 177 g/mol. The van der Waals surface area contributed by atoms with Crippen LogP contribution in [0.15, 0.2) is 0 Å². The maximum Gasteiger partial charge on any atom is 0.319 e. The van der Waals surface area contributed by atoms with Gasteiger partial charge in [0.05, 0.1) is 0 Å². The molecule has 8 heteroatoms. The van der Waals surface area contributed by atoms with Crippen LogP contribution in [0, 0.1) is 5.21 Å². The molecule has 1 aliphatic heterocycles. The predicted octanol–water partition coefficient (Wildman–Crippen LogP) is -3.28. The first kappa shape index (κ1) is 8.71. The molecule has 1 aliphatic rings. The van der Waals surface area contributed by atoms with E-state index < -0.39 is 34.0 Å². The number of rotatable bonds is 0. The number of hydrazone groups is 1. The SMILES string of the molecule is NC1=[N+]([O-])N(O)C(=O)C(O)C1O. The summed E-state index contributed by atoms with van der Waals surface area (Å²) in [4.78, 5) is 10.2. The van der Waals surface area contributed by atoms with Crippen molar-refractivity contribution in [3.63, 3.8) is 0 Å². The number of carbonyl (C=O) groups is 1. The zero-order chi connectivity index (χ0) is 9.46. The molecule has 68 valence electrons. The Labute approximate surface area is 66.2 Å². The zero-order valence-electron chi connectivity index (χ0n) is 5.78. The first-order valence-electron chi connectivity index (χ1n) is 2.95. The van der Waals surface area contributed by atoms with Gasteiger partial charge in [-0.15, -0.1) is 4.85 Å². The van der Waals surface area contributed by atoms with Gasteiger partial charge in [-0.2, -0.15) is 0 Å². The van der Waals surface area contributed by atoms with Crippen molar-refractivity contribution in [1.82, 2.24) is 5.17 Å². The smallest absolute Gasteiger partial charge is 0.319 e. The Bertz CT molecular complexity index is 251. The van der Waals surface area contributed by atoms with Crippen LogP contribution < -0.4 is 5.73 Å². The lowest BCUT2D eigenvalue weighted by Gasteiger charge is -2.28. The fourth-order valence-electron chi connectivity index (χ4n) is 0.727. The Hall–Kier alpha value is -1.38. The van der Waals surface area contributed by atoms with Crippen LogP contribution in [0.5, 0.6) is 0 Å². The van der Waals surface area contributed by atoms with E-state index in [9.17, 15) is 10.0 Å². The normalized spacial score (nSPS) is 31.2.